The molecule has 1 N–H and O–H groups in total. The van der Waals surface area contributed by atoms with Crippen molar-refractivity contribution in [2.75, 3.05) is 0 Å². The molecule has 0 bridgehead atoms. The first kappa shape index (κ1) is 16.4. The van der Waals surface area contributed by atoms with E-state index in [0.29, 0.717) is 5.56 Å². The molecule has 0 atom stereocenters. The van der Waals surface area contributed by atoms with E-state index in [-0.39, 0.29) is 15.6 Å². The van der Waals surface area contributed by atoms with Crippen molar-refractivity contribution in [1.29, 1.82) is 5.26 Å². The first-order chi connectivity index (χ1) is 10.9. The molecule has 0 radical (unpaired) electrons. The number of halogens is 1. The standard InChI is InChI=1S/C16H9BrN2O4/c17-13-7-10(8-14(16(13)21)19(22)23)6-12(9-18)15(20)11-4-2-1-3-5-11/h1-8,21H/b12-6+. The topological polar surface area (TPSA) is 104 Å². The molecule has 0 saturated carbocycles. The second kappa shape index (κ2) is 6.85. The van der Waals surface area contributed by atoms with E-state index in [9.17, 15) is 25.3 Å². The number of nitriles is 1. The van der Waals surface area contributed by atoms with Gasteiger partial charge >= 0.3 is 5.69 Å². The molecule has 0 aromatic heterocycles. The fourth-order valence-corrected chi connectivity index (χ4v) is 2.36. The van der Waals surface area contributed by atoms with Gasteiger partial charge in [0.25, 0.3) is 0 Å². The smallest absolute Gasteiger partial charge is 0.312 e. The number of carbonyl (C=O) groups is 1. The molecule has 23 heavy (non-hydrogen) atoms. The predicted octanol–water partition coefficient (Wildman–Crippen LogP) is 3.85. The summed E-state index contributed by atoms with van der Waals surface area (Å²) in [5, 5.41) is 29.7. The van der Waals surface area contributed by atoms with Crippen LogP contribution < -0.4 is 0 Å². The number of allylic oxidation sites excluding steroid dienone is 1. The fraction of sp³-hybridized carbons (Fsp3) is 0. The maximum absolute atomic E-state index is 12.3. The number of rotatable bonds is 4. The highest BCUT2D eigenvalue weighted by atomic mass is 79.9. The van der Waals surface area contributed by atoms with Crippen molar-refractivity contribution in [3.8, 4) is 11.8 Å². The van der Waals surface area contributed by atoms with Crippen LogP contribution in [0.5, 0.6) is 5.75 Å². The van der Waals surface area contributed by atoms with Gasteiger partial charge in [0, 0.05) is 11.6 Å². The molecule has 2 aromatic rings. The number of benzene rings is 2. The van der Waals surface area contributed by atoms with Crippen LogP contribution in [0.25, 0.3) is 6.08 Å². The highest BCUT2D eigenvalue weighted by Gasteiger charge is 2.18. The monoisotopic (exact) mass is 372 g/mol. The lowest BCUT2D eigenvalue weighted by Gasteiger charge is -2.03. The van der Waals surface area contributed by atoms with Gasteiger partial charge in [-0.05, 0) is 33.6 Å². The Kier molecular flexibility index (Phi) is 4.88. The zero-order valence-electron chi connectivity index (χ0n) is 11.6. The molecule has 114 valence electrons. The molecule has 2 aromatic carbocycles. The van der Waals surface area contributed by atoms with Gasteiger partial charge in [0.05, 0.1) is 9.40 Å². The Balaban J connectivity index is 2.49. The molecule has 0 saturated heterocycles. The van der Waals surface area contributed by atoms with Crippen LogP contribution in [-0.2, 0) is 0 Å². The summed E-state index contributed by atoms with van der Waals surface area (Å²) in [4.78, 5) is 22.4. The maximum atomic E-state index is 12.3. The normalized spacial score (nSPS) is 10.9. The van der Waals surface area contributed by atoms with E-state index < -0.39 is 22.1 Å². The Hall–Kier alpha value is -2.98. The Morgan fingerprint density at radius 2 is 1.96 bits per heavy atom. The van der Waals surface area contributed by atoms with Crippen molar-refractivity contribution < 1.29 is 14.8 Å². The number of hydrogen-bond donors (Lipinski definition) is 1. The van der Waals surface area contributed by atoms with Crippen LogP contribution in [0.1, 0.15) is 15.9 Å². The lowest BCUT2D eigenvalue weighted by atomic mass is 10.0. The quantitative estimate of drug-likeness (QED) is 0.288. The van der Waals surface area contributed by atoms with Crippen molar-refractivity contribution in [3.05, 3.63) is 73.8 Å². The summed E-state index contributed by atoms with van der Waals surface area (Å²) in [5.74, 6) is -1.00. The highest BCUT2D eigenvalue weighted by molar-refractivity contribution is 9.10. The molecule has 0 amide bonds. The van der Waals surface area contributed by atoms with Gasteiger partial charge < -0.3 is 5.11 Å². The Morgan fingerprint density at radius 1 is 1.30 bits per heavy atom. The number of nitrogens with zero attached hydrogens (tertiary/aromatic N) is 2. The van der Waals surface area contributed by atoms with E-state index in [1.165, 1.54) is 12.1 Å². The largest absolute Gasteiger partial charge is 0.501 e. The number of phenols is 1. The summed E-state index contributed by atoms with van der Waals surface area (Å²) < 4.78 is 0.0994. The first-order valence-electron chi connectivity index (χ1n) is 6.32. The molecule has 2 rings (SSSR count). The van der Waals surface area contributed by atoms with Crippen LogP contribution >= 0.6 is 15.9 Å². The third-order valence-electron chi connectivity index (χ3n) is 2.97. The highest BCUT2D eigenvalue weighted by Crippen LogP contribution is 2.35. The summed E-state index contributed by atoms with van der Waals surface area (Å²) in [5.41, 5.74) is -0.0898. The van der Waals surface area contributed by atoms with Gasteiger partial charge in [-0.1, -0.05) is 30.3 Å². The number of hydrogen-bond acceptors (Lipinski definition) is 5. The number of aromatic hydroxyl groups is 1. The Bertz CT molecular complexity index is 854. The van der Waals surface area contributed by atoms with Crippen LogP contribution in [0.4, 0.5) is 5.69 Å². The van der Waals surface area contributed by atoms with Gasteiger partial charge in [0.2, 0.25) is 11.5 Å². The Labute approximate surface area is 139 Å². The van der Waals surface area contributed by atoms with Gasteiger partial charge in [-0.25, -0.2) is 0 Å². The summed E-state index contributed by atoms with van der Waals surface area (Å²) >= 11 is 3.01. The van der Waals surface area contributed by atoms with Crippen LogP contribution in [0.2, 0.25) is 0 Å². The van der Waals surface area contributed by atoms with E-state index >= 15 is 0 Å². The van der Waals surface area contributed by atoms with Gasteiger partial charge in [-0.15, -0.1) is 0 Å². The van der Waals surface area contributed by atoms with E-state index in [1.807, 2.05) is 0 Å². The lowest BCUT2D eigenvalue weighted by molar-refractivity contribution is -0.386. The SMILES string of the molecule is N#C/C(=C\c1cc(Br)c(O)c([N+](=O)[O-])c1)C(=O)c1ccccc1. The second-order valence-corrected chi connectivity index (χ2v) is 5.35. The third-order valence-corrected chi connectivity index (χ3v) is 3.58. The van der Waals surface area contributed by atoms with Crippen molar-refractivity contribution in [3.63, 3.8) is 0 Å². The first-order valence-corrected chi connectivity index (χ1v) is 7.11. The summed E-state index contributed by atoms with van der Waals surface area (Å²) in [6.07, 6.45) is 1.24. The molecule has 0 aliphatic heterocycles. The van der Waals surface area contributed by atoms with Crippen molar-refractivity contribution >= 4 is 33.5 Å². The summed E-state index contributed by atoms with van der Waals surface area (Å²) in [6, 6.07) is 12.5. The number of ketones is 1. The minimum atomic E-state index is -0.748. The van der Waals surface area contributed by atoms with Crippen LogP contribution in [0, 0.1) is 21.4 Å². The minimum Gasteiger partial charge on any atom is -0.501 e. The van der Waals surface area contributed by atoms with Crippen LogP contribution in [0.3, 0.4) is 0 Å². The van der Waals surface area contributed by atoms with Crippen LogP contribution in [-0.4, -0.2) is 15.8 Å². The number of Topliss-reactive ketones (excluding diaryl/α,β-unsaturated/α-hetero) is 1. The van der Waals surface area contributed by atoms with Gasteiger partial charge in [0.15, 0.2) is 0 Å². The number of nitro groups is 1. The Morgan fingerprint density at radius 3 is 2.52 bits per heavy atom. The summed E-state index contributed by atoms with van der Waals surface area (Å²) in [6.45, 7) is 0. The van der Waals surface area contributed by atoms with Crippen molar-refractivity contribution in [2.24, 2.45) is 0 Å². The van der Waals surface area contributed by atoms with Crippen LogP contribution in [0.15, 0.2) is 52.5 Å². The summed E-state index contributed by atoms with van der Waals surface area (Å²) in [7, 11) is 0. The van der Waals surface area contributed by atoms with E-state index in [0.717, 1.165) is 6.07 Å². The van der Waals surface area contributed by atoms with Gasteiger partial charge in [-0.2, -0.15) is 5.26 Å². The number of phenolic OH excluding ortho intramolecular Hbond substituents is 1. The molecule has 0 unspecified atom stereocenters. The van der Waals surface area contributed by atoms with E-state index in [4.69, 9.17) is 0 Å². The van der Waals surface area contributed by atoms with E-state index in [2.05, 4.69) is 15.9 Å². The zero-order chi connectivity index (χ0) is 17.0. The molecular formula is C16H9BrN2O4. The molecule has 0 spiro atoms. The molecule has 6 nitrogen and oxygen atoms in total. The average molecular weight is 373 g/mol. The predicted molar refractivity (Wildman–Crippen MR) is 86.8 cm³/mol. The number of carbonyl (C=O) groups excluding carboxylic acids is 1. The molecule has 0 aliphatic rings. The minimum absolute atomic E-state index is 0.0994. The number of nitro benzene ring substituents is 1. The maximum Gasteiger partial charge on any atom is 0.312 e. The molecular weight excluding hydrogens is 364 g/mol. The third kappa shape index (κ3) is 3.62. The van der Waals surface area contributed by atoms with E-state index in [1.54, 1.807) is 36.4 Å². The molecule has 0 heterocycles. The molecule has 7 heteroatoms. The average Bonchev–Trinajstić information content (AvgIpc) is 2.55. The lowest BCUT2D eigenvalue weighted by Crippen LogP contribution is -2.01. The molecule has 0 fully saturated rings. The van der Waals surface area contributed by atoms with Gasteiger partial charge in [-0.3, -0.25) is 14.9 Å². The van der Waals surface area contributed by atoms with Crippen molar-refractivity contribution in [1.82, 2.24) is 0 Å². The van der Waals surface area contributed by atoms with Gasteiger partial charge in [0.1, 0.15) is 11.6 Å². The second-order valence-electron chi connectivity index (χ2n) is 4.49. The van der Waals surface area contributed by atoms with Crippen molar-refractivity contribution in [2.45, 2.75) is 0 Å². The molecule has 0 aliphatic carbocycles. The fourth-order valence-electron chi connectivity index (χ4n) is 1.89. The zero-order valence-corrected chi connectivity index (χ0v) is 13.1.